The zero-order chi connectivity index (χ0) is 31.0. The van der Waals surface area contributed by atoms with Crippen LogP contribution in [-0.2, 0) is 23.9 Å². The molecule has 5 atom stereocenters. The van der Waals surface area contributed by atoms with E-state index >= 15 is 0 Å². The molecule has 2 unspecified atom stereocenters. The Bertz CT molecular complexity index is 1150. The number of hydrogen-bond acceptors (Lipinski definition) is 7. The highest BCUT2D eigenvalue weighted by Gasteiger charge is 2.79. The van der Waals surface area contributed by atoms with Crippen LogP contribution in [0.5, 0.6) is 5.75 Å². The summed E-state index contributed by atoms with van der Waals surface area (Å²) in [5.74, 6) is -1.74. The quantitative estimate of drug-likeness (QED) is 0.147. The van der Waals surface area contributed by atoms with Crippen LogP contribution in [0.4, 0.5) is 5.69 Å². The summed E-state index contributed by atoms with van der Waals surface area (Å²) >= 11 is 0. The first-order valence-corrected chi connectivity index (χ1v) is 15.8. The van der Waals surface area contributed by atoms with Gasteiger partial charge in [-0.1, -0.05) is 31.9 Å². The minimum Gasteiger partial charge on any atom is -0.497 e. The molecule has 0 aromatic heterocycles. The number of carbonyl (C=O) groups is 3. The number of benzene rings is 1. The Balaban J connectivity index is 1.69. The van der Waals surface area contributed by atoms with E-state index in [0.29, 0.717) is 56.5 Å². The maximum Gasteiger partial charge on any atom is 0.312 e. The van der Waals surface area contributed by atoms with Crippen molar-refractivity contribution in [1.82, 2.24) is 4.90 Å². The van der Waals surface area contributed by atoms with Gasteiger partial charge < -0.3 is 29.1 Å². The molecule has 0 radical (unpaired) electrons. The van der Waals surface area contributed by atoms with Crippen molar-refractivity contribution in [3.05, 3.63) is 49.6 Å². The number of unbranched alkanes of at least 4 members (excludes halogenated alkanes) is 5. The molecule has 9 heteroatoms. The Morgan fingerprint density at radius 2 is 1.84 bits per heavy atom. The Labute approximate surface area is 255 Å². The largest absolute Gasteiger partial charge is 0.497 e. The van der Waals surface area contributed by atoms with Crippen molar-refractivity contribution >= 4 is 23.5 Å². The van der Waals surface area contributed by atoms with Gasteiger partial charge in [-0.2, -0.15) is 0 Å². The van der Waals surface area contributed by atoms with Gasteiger partial charge in [-0.25, -0.2) is 0 Å². The lowest BCUT2D eigenvalue weighted by Gasteiger charge is -2.37. The van der Waals surface area contributed by atoms with Crippen LogP contribution in [0.3, 0.4) is 0 Å². The van der Waals surface area contributed by atoms with Crippen molar-refractivity contribution in [3.63, 3.8) is 0 Å². The van der Waals surface area contributed by atoms with E-state index in [1.54, 1.807) is 35.1 Å². The zero-order valence-corrected chi connectivity index (χ0v) is 25.8. The highest BCUT2D eigenvalue weighted by Crippen LogP contribution is 2.64. The Morgan fingerprint density at radius 3 is 2.49 bits per heavy atom. The van der Waals surface area contributed by atoms with Crippen molar-refractivity contribution < 1.29 is 33.7 Å². The molecule has 9 nitrogen and oxygen atoms in total. The predicted molar refractivity (Wildman–Crippen MR) is 165 cm³/mol. The summed E-state index contributed by atoms with van der Waals surface area (Å²) < 4.78 is 18.0. The molecule has 236 valence electrons. The summed E-state index contributed by atoms with van der Waals surface area (Å²) in [6.45, 7) is 10.6. The van der Waals surface area contributed by atoms with E-state index in [1.165, 1.54) is 0 Å². The zero-order valence-electron chi connectivity index (χ0n) is 25.8. The highest BCUT2D eigenvalue weighted by atomic mass is 16.6. The molecule has 2 bridgehead atoms. The summed E-state index contributed by atoms with van der Waals surface area (Å²) in [7, 11) is 1.59. The van der Waals surface area contributed by atoms with Crippen LogP contribution in [0.25, 0.3) is 0 Å². The molecular formula is C34H48N2O7. The van der Waals surface area contributed by atoms with Gasteiger partial charge in [0.05, 0.1) is 25.2 Å². The van der Waals surface area contributed by atoms with Gasteiger partial charge >= 0.3 is 5.97 Å². The molecule has 0 aliphatic carbocycles. The SMILES string of the molecule is C=CCCCCOC(=O)[C@@H]1[C@H]2C(=O)N(CCCCCCO)C(C(=O)N(CC=C)c3ccc(OC)cc3)C23CC[C@@]1(CC)O3. The van der Waals surface area contributed by atoms with Crippen LogP contribution in [0.2, 0.25) is 0 Å². The van der Waals surface area contributed by atoms with E-state index in [9.17, 15) is 19.5 Å². The third-order valence-electron chi connectivity index (χ3n) is 9.48. The number of hydrogen-bond donors (Lipinski definition) is 1. The van der Waals surface area contributed by atoms with Gasteiger partial charge in [0, 0.05) is 25.4 Å². The fourth-order valence-electron chi connectivity index (χ4n) is 7.36. The molecule has 3 heterocycles. The molecule has 1 N–H and O–H groups in total. The molecule has 1 aromatic rings. The maximum atomic E-state index is 14.7. The van der Waals surface area contributed by atoms with Gasteiger partial charge in [0.2, 0.25) is 5.91 Å². The van der Waals surface area contributed by atoms with E-state index in [1.807, 2.05) is 25.1 Å². The second kappa shape index (κ2) is 14.5. The Kier molecular flexibility index (Phi) is 11.1. The molecule has 4 rings (SSSR count). The normalized spacial score (nSPS) is 27.2. The van der Waals surface area contributed by atoms with Crippen LogP contribution in [0, 0.1) is 11.8 Å². The lowest BCUT2D eigenvalue weighted by Crippen LogP contribution is -2.56. The minimum atomic E-state index is -1.12. The predicted octanol–water partition coefficient (Wildman–Crippen LogP) is 4.82. The summed E-state index contributed by atoms with van der Waals surface area (Å²) in [4.78, 5) is 46.1. The van der Waals surface area contributed by atoms with Crippen LogP contribution >= 0.6 is 0 Å². The Hall–Kier alpha value is -3.17. The van der Waals surface area contributed by atoms with Crippen LogP contribution in [0.1, 0.15) is 71.1 Å². The smallest absolute Gasteiger partial charge is 0.312 e. The molecule has 1 spiro atoms. The average Bonchev–Trinajstić information content (AvgIpc) is 3.63. The first-order chi connectivity index (χ1) is 20.8. The fraction of sp³-hybridized carbons (Fsp3) is 0.618. The van der Waals surface area contributed by atoms with E-state index < -0.39 is 35.0 Å². The van der Waals surface area contributed by atoms with E-state index in [2.05, 4.69) is 13.2 Å². The fourth-order valence-corrected chi connectivity index (χ4v) is 7.36. The number of rotatable bonds is 18. The molecule has 3 fully saturated rings. The summed E-state index contributed by atoms with van der Waals surface area (Å²) in [5.41, 5.74) is -1.30. The number of nitrogens with zero attached hydrogens (tertiary/aromatic N) is 2. The monoisotopic (exact) mass is 596 g/mol. The Morgan fingerprint density at radius 1 is 1.09 bits per heavy atom. The number of aliphatic hydroxyl groups excluding tert-OH is 1. The molecule has 3 aliphatic rings. The van der Waals surface area contributed by atoms with Crippen LogP contribution < -0.4 is 9.64 Å². The number of allylic oxidation sites excluding steroid dienone is 1. The van der Waals surface area contributed by atoms with Gasteiger partial charge in [0.15, 0.2) is 0 Å². The number of fused-ring (bicyclic) bond motifs is 1. The third-order valence-corrected chi connectivity index (χ3v) is 9.48. The standard InChI is InChI=1S/C34H48N2O7/c1-5-8-9-14-24-42-32(40)28-27-30(38)36(22-12-10-11-13-23-37)29(34(27)20-19-33(28,7-3)43-34)31(39)35(21-6-2)25-15-17-26(41-4)18-16-25/h5-6,15-18,27-29,37H,1-2,7-14,19-24H2,3-4H3/t27-,28-,29?,33+,34?/m0/s1. The van der Waals surface area contributed by atoms with Crippen molar-refractivity contribution in [3.8, 4) is 5.75 Å². The number of esters is 1. The number of ether oxygens (including phenoxy) is 3. The molecule has 3 saturated heterocycles. The average molecular weight is 597 g/mol. The van der Waals surface area contributed by atoms with Crippen LogP contribution in [0.15, 0.2) is 49.6 Å². The van der Waals surface area contributed by atoms with Gasteiger partial charge in [0.1, 0.15) is 23.3 Å². The number of aliphatic hydroxyl groups is 1. The molecule has 2 amide bonds. The van der Waals surface area contributed by atoms with Gasteiger partial charge in [-0.05, 0) is 75.6 Å². The highest BCUT2D eigenvalue weighted by molar-refractivity contribution is 6.04. The third kappa shape index (κ3) is 6.25. The van der Waals surface area contributed by atoms with E-state index in [0.717, 1.165) is 25.7 Å². The van der Waals surface area contributed by atoms with E-state index in [4.69, 9.17) is 14.2 Å². The maximum absolute atomic E-state index is 14.7. The van der Waals surface area contributed by atoms with Crippen molar-refractivity contribution in [1.29, 1.82) is 0 Å². The van der Waals surface area contributed by atoms with Crippen molar-refractivity contribution in [2.75, 3.05) is 38.3 Å². The molecule has 1 aromatic carbocycles. The summed E-state index contributed by atoms with van der Waals surface area (Å²) in [6, 6.07) is 6.34. The van der Waals surface area contributed by atoms with Crippen molar-refractivity contribution in [2.24, 2.45) is 11.8 Å². The second-order valence-corrected chi connectivity index (χ2v) is 11.9. The van der Waals surface area contributed by atoms with Gasteiger partial charge in [0.25, 0.3) is 5.91 Å². The first-order valence-electron chi connectivity index (χ1n) is 15.8. The van der Waals surface area contributed by atoms with Crippen LogP contribution in [-0.4, -0.2) is 78.4 Å². The van der Waals surface area contributed by atoms with Crippen molar-refractivity contribution in [2.45, 2.75) is 88.4 Å². The molecule has 43 heavy (non-hydrogen) atoms. The summed E-state index contributed by atoms with van der Waals surface area (Å²) in [5, 5.41) is 9.20. The number of methoxy groups -OCH3 is 1. The number of carbonyl (C=O) groups excluding carboxylic acids is 3. The number of amides is 2. The number of anilines is 1. The number of likely N-dealkylation sites (tertiary alicyclic amines) is 1. The molecule has 0 saturated carbocycles. The second-order valence-electron chi connectivity index (χ2n) is 11.9. The summed E-state index contributed by atoms with van der Waals surface area (Å²) in [6.07, 6.45) is 10.6. The minimum absolute atomic E-state index is 0.123. The lowest BCUT2D eigenvalue weighted by molar-refractivity contribution is -0.161. The van der Waals surface area contributed by atoms with Gasteiger partial charge in [-0.15, -0.1) is 13.2 Å². The topological polar surface area (TPSA) is 106 Å². The molecular weight excluding hydrogens is 548 g/mol. The van der Waals surface area contributed by atoms with Gasteiger partial charge in [-0.3, -0.25) is 14.4 Å². The molecule has 3 aliphatic heterocycles. The van der Waals surface area contributed by atoms with E-state index in [-0.39, 0.29) is 31.6 Å². The lowest BCUT2D eigenvalue weighted by atomic mass is 9.65. The first kappa shape index (κ1) is 32.7.